The van der Waals surface area contributed by atoms with E-state index >= 15 is 0 Å². The molecular formula is C20H27NO5. The highest BCUT2D eigenvalue weighted by atomic mass is 16.5. The topological polar surface area (TPSA) is 65.1 Å². The van der Waals surface area contributed by atoms with Gasteiger partial charge in [-0.25, -0.2) is 4.79 Å². The number of methoxy groups -OCH3 is 2. The maximum absolute atomic E-state index is 12.9. The Kier molecular flexibility index (Phi) is 6.14. The van der Waals surface area contributed by atoms with E-state index < -0.39 is 5.97 Å². The van der Waals surface area contributed by atoms with Gasteiger partial charge >= 0.3 is 5.97 Å². The van der Waals surface area contributed by atoms with Gasteiger partial charge < -0.3 is 19.1 Å². The van der Waals surface area contributed by atoms with E-state index in [0.717, 1.165) is 12.8 Å². The van der Waals surface area contributed by atoms with Gasteiger partial charge in [0, 0.05) is 25.8 Å². The first-order valence-electron chi connectivity index (χ1n) is 9.29. The number of hydrogen-bond donors (Lipinski definition) is 0. The van der Waals surface area contributed by atoms with Crippen LogP contribution in [-0.2, 0) is 9.47 Å². The standard InChI is InChI=1S/C20H27NO5/c1-24-17-6-8-21(9-7-17)19(22)15-10-16(20(23)25-2)12-18(11-15)26-13-14-4-3-5-14/h10-12,14,17H,3-9,13H2,1-2H3. The molecule has 0 bridgehead atoms. The molecule has 1 aliphatic carbocycles. The quantitative estimate of drug-likeness (QED) is 0.729. The first-order valence-corrected chi connectivity index (χ1v) is 9.29. The molecule has 2 aliphatic rings. The Morgan fingerprint density at radius 1 is 1.04 bits per heavy atom. The molecule has 142 valence electrons. The lowest BCUT2D eigenvalue weighted by molar-refractivity contribution is 0.0350. The summed E-state index contributed by atoms with van der Waals surface area (Å²) in [5.41, 5.74) is 0.807. The highest BCUT2D eigenvalue weighted by molar-refractivity contribution is 5.98. The van der Waals surface area contributed by atoms with Crippen molar-refractivity contribution in [1.29, 1.82) is 0 Å². The molecule has 6 heteroatoms. The molecule has 0 N–H and O–H groups in total. The van der Waals surface area contributed by atoms with Gasteiger partial charge in [-0.05, 0) is 49.8 Å². The first kappa shape index (κ1) is 18.7. The molecular weight excluding hydrogens is 334 g/mol. The molecule has 6 nitrogen and oxygen atoms in total. The summed E-state index contributed by atoms with van der Waals surface area (Å²) in [7, 11) is 3.04. The minimum Gasteiger partial charge on any atom is -0.493 e. The Balaban J connectivity index is 1.75. The predicted octanol–water partition coefficient (Wildman–Crippen LogP) is 2.90. The molecule has 1 saturated carbocycles. The van der Waals surface area contributed by atoms with Crippen molar-refractivity contribution in [3.05, 3.63) is 29.3 Å². The number of piperidine rings is 1. The van der Waals surface area contributed by atoms with E-state index in [-0.39, 0.29) is 12.0 Å². The Bertz CT molecular complexity index is 648. The molecule has 1 aliphatic heterocycles. The van der Waals surface area contributed by atoms with Crippen LogP contribution in [0.1, 0.15) is 52.8 Å². The van der Waals surface area contributed by atoms with E-state index in [4.69, 9.17) is 14.2 Å². The summed E-state index contributed by atoms with van der Waals surface area (Å²) < 4.78 is 16.0. The van der Waals surface area contributed by atoms with Gasteiger partial charge in [-0.3, -0.25) is 4.79 Å². The summed E-state index contributed by atoms with van der Waals surface area (Å²) in [4.78, 5) is 26.7. The largest absolute Gasteiger partial charge is 0.493 e. The number of esters is 1. The molecule has 1 amide bonds. The third kappa shape index (κ3) is 4.36. The first-order chi connectivity index (χ1) is 12.6. The minimum absolute atomic E-state index is 0.0844. The van der Waals surface area contributed by atoms with Crippen LogP contribution in [-0.4, -0.2) is 56.8 Å². The van der Waals surface area contributed by atoms with Gasteiger partial charge in [0.1, 0.15) is 5.75 Å². The van der Waals surface area contributed by atoms with Crippen LogP contribution in [0.5, 0.6) is 5.75 Å². The Morgan fingerprint density at radius 3 is 2.31 bits per heavy atom. The summed E-state index contributed by atoms with van der Waals surface area (Å²) in [5, 5.41) is 0. The van der Waals surface area contributed by atoms with Gasteiger partial charge in [-0.1, -0.05) is 6.42 Å². The highest BCUT2D eigenvalue weighted by Gasteiger charge is 2.25. The summed E-state index contributed by atoms with van der Waals surface area (Å²) in [5.74, 6) is 0.573. The number of ether oxygens (including phenoxy) is 3. The maximum atomic E-state index is 12.9. The van der Waals surface area contributed by atoms with Crippen molar-refractivity contribution >= 4 is 11.9 Å². The van der Waals surface area contributed by atoms with Crippen molar-refractivity contribution in [2.24, 2.45) is 5.92 Å². The third-order valence-corrected chi connectivity index (χ3v) is 5.35. The van der Waals surface area contributed by atoms with Gasteiger partial charge in [0.15, 0.2) is 0 Å². The number of benzene rings is 1. The minimum atomic E-state index is -0.466. The van der Waals surface area contributed by atoms with E-state index in [1.807, 2.05) is 4.90 Å². The fraction of sp³-hybridized carbons (Fsp3) is 0.600. The molecule has 0 unspecified atom stereocenters. The zero-order valence-electron chi connectivity index (χ0n) is 15.5. The summed E-state index contributed by atoms with van der Waals surface area (Å²) in [6, 6.07) is 4.97. The summed E-state index contributed by atoms with van der Waals surface area (Å²) >= 11 is 0. The monoisotopic (exact) mass is 361 g/mol. The zero-order chi connectivity index (χ0) is 18.5. The lowest BCUT2D eigenvalue weighted by atomic mass is 9.86. The Morgan fingerprint density at radius 2 is 1.73 bits per heavy atom. The van der Waals surface area contributed by atoms with Crippen molar-refractivity contribution < 1.29 is 23.8 Å². The van der Waals surface area contributed by atoms with E-state index in [1.54, 1.807) is 25.3 Å². The van der Waals surface area contributed by atoms with Crippen LogP contribution in [0, 0.1) is 5.92 Å². The summed E-state index contributed by atoms with van der Waals surface area (Å²) in [6.45, 7) is 1.92. The average molecular weight is 361 g/mol. The molecule has 0 atom stereocenters. The molecule has 1 saturated heterocycles. The van der Waals surface area contributed by atoms with Crippen LogP contribution < -0.4 is 4.74 Å². The van der Waals surface area contributed by atoms with E-state index in [2.05, 4.69) is 0 Å². The SMILES string of the molecule is COC(=O)c1cc(OCC2CCC2)cc(C(=O)N2CCC(OC)CC2)c1. The zero-order valence-corrected chi connectivity index (χ0v) is 15.5. The van der Waals surface area contributed by atoms with E-state index in [9.17, 15) is 9.59 Å². The van der Waals surface area contributed by atoms with Crippen LogP contribution in [0.25, 0.3) is 0 Å². The Hall–Kier alpha value is -2.08. The molecule has 1 aromatic rings. The molecule has 2 fully saturated rings. The Labute approximate surface area is 154 Å². The summed E-state index contributed by atoms with van der Waals surface area (Å²) in [6.07, 6.45) is 5.46. The number of carbonyl (C=O) groups excluding carboxylic acids is 2. The van der Waals surface area contributed by atoms with Crippen LogP contribution in [0.15, 0.2) is 18.2 Å². The van der Waals surface area contributed by atoms with Gasteiger partial charge in [0.2, 0.25) is 0 Å². The van der Waals surface area contributed by atoms with E-state index in [1.165, 1.54) is 26.4 Å². The van der Waals surface area contributed by atoms with Gasteiger partial charge in [-0.15, -0.1) is 0 Å². The molecule has 0 spiro atoms. The van der Waals surface area contributed by atoms with Crippen molar-refractivity contribution in [3.8, 4) is 5.75 Å². The lowest BCUT2D eigenvalue weighted by Crippen LogP contribution is -2.40. The fourth-order valence-electron chi connectivity index (χ4n) is 3.39. The average Bonchev–Trinajstić information content (AvgIpc) is 2.65. The number of rotatable bonds is 6. The molecule has 26 heavy (non-hydrogen) atoms. The number of hydrogen-bond acceptors (Lipinski definition) is 5. The van der Waals surface area contributed by atoms with Crippen LogP contribution in [0.3, 0.4) is 0 Å². The normalized spacial score (nSPS) is 18.3. The van der Waals surface area contributed by atoms with Crippen LogP contribution in [0.4, 0.5) is 0 Å². The van der Waals surface area contributed by atoms with Crippen LogP contribution >= 0.6 is 0 Å². The molecule has 1 aromatic carbocycles. The molecule has 3 rings (SSSR count). The van der Waals surface area contributed by atoms with E-state index in [0.29, 0.717) is 42.5 Å². The third-order valence-electron chi connectivity index (χ3n) is 5.35. The molecule has 0 radical (unpaired) electrons. The highest BCUT2D eigenvalue weighted by Crippen LogP contribution is 2.28. The smallest absolute Gasteiger partial charge is 0.338 e. The van der Waals surface area contributed by atoms with Crippen molar-refractivity contribution in [3.63, 3.8) is 0 Å². The van der Waals surface area contributed by atoms with Crippen molar-refractivity contribution in [2.45, 2.75) is 38.2 Å². The second-order valence-electron chi connectivity index (χ2n) is 7.07. The van der Waals surface area contributed by atoms with Gasteiger partial charge in [0.25, 0.3) is 5.91 Å². The molecule has 0 aromatic heterocycles. The number of nitrogens with zero attached hydrogens (tertiary/aromatic N) is 1. The second-order valence-corrected chi connectivity index (χ2v) is 7.07. The number of carbonyl (C=O) groups is 2. The van der Waals surface area contributed by atoms with Crippen LogP contribution in [0.2, 0.25) is 0 Å². The lowest BCUT2D eigenvalue weighted by Gasteiger charge is -2.31. The second kappa shape index (κ2) is 8.54. The van der Waals surface area contributed by atoms with Crippen molar-refractivity contribution in [2.75, 3.05) is 33.9 Å². The van der Waals surface area contributed by atoms with Crippen molar-refractivity contribution in [1.82, 2.24) is 4.90 Å². The fourth-order valence-corrected chi connectivity index (χ4v) is 3.39. The number of amides is 1. The molecule has 1 heterocycles. The predicted molar refractivity (Wildman–Crippen MR) is 96.6 cm³/mol. The van der Waals surface area contributed by atoms with Gasteiger partial charge in [-0.2, -0.15) is 0 Å². The number of likely N-dealkylation sites (tertiary alicyclic amines) is 1. The maximum Gasteiger partial charge on any atom is 0.338 e. The van der Waals surface area contributed by atoms with Gasteiger partial charge in [0.05, 0.1) is 25.4 Å².